The lowest BCUT2D eigenvalue weighted by Gasteiger charge is -2.33. The van der Waals surface area contributed by atoms with Gasteiger partial charge in [0, 0.05) is 43.9 Å². The van der Waals surface area contributed by atoms with Crippen LogP contribution >= 0.6 is 0 Å². The van der Waals surface area contributed by atoms with Crippen LogP contribution in [-0.2, 0) is 14.3 Å². The highest BCUT2D eigenvalue weighted by molar-refractivity contribution is 5.78. The van der Waals surface area contributed by atoms with Crippen molar-refractivity contribution >= 4 is 23.5 Å². The molecule has 2 saturated heterocycles. The maximum Gasteiger partial charge on any atom is 0.227 e. The zero-order chi connectivity index (χ0) is 22.5. The van der Waals surface area contributed by atoms with Gasteiger partial charge in [0.2, 0.25) is 17.8 Å². The molecule has 2 aliphatic rings. The Morgan fingerprint density at radius 2 is 2.03 bits per heavy atom. The minimum Gasteiger partial charge on any atom is -0.368 e. The molecule has 0 radical (unpaired) electrons. The molecule has 0 aromatic carbocycles. The highest BCUT2D eigenvalue weighted by Gasteiger charge is 2.26. The molecule has 0 bridgehead atoms. The topological polar surface area (TPSA) is 101 Å². The number of carbonyl (C=O) groups excluding carboxylic acids is 2. The number of aromatic nitrogens is 3. The van der Waals surface area contributed by atoms with Crippen molar-refractivity contribution in [2.45, 2.75) is 45.6 Å². The molecule has 0 spiro atoms. The summed E-state index contributed by atoms with van der Waals surface area (Å²) in [7, 11) is 0. The number of carbonyl (C=O) groups is 2. The number of nitrogens with zero attached hydrogens (tertiary/aromatic N) is 5. The molecule has 4 heterocycles. The molecular formula is C23H30N6O3. The molecule has 2 aromatic rings. The van der Waals surface area contributed by atoms with Gasteiger partial charge in [0.15, 0.2) is 0 Å². The lowest BCUT2D eigenvalue weighted by atomic mass is 10.1. The van der Waals surface area contributed by atoms with Gasteiger partial charge >= 0.3 is 0 Å². The van der Waals surface area contributed by atoms with Crippen LogP contribution in [0.25, 0.3) is 0 Å². The summed E-state index contributed by atoms with van der Waals surface area (Å²) in [6, 6.07) is 5.75. The van der Waals surface area contributed by atoms with Crippen LogP contribution < -0.4 is 5.32 Å². The second-order valence-electron chi connectivity index (χ2n) is 8.36. The van der Waals surface area contributed by atoms with E-state index in [1.165, 1.54) is 0 Å². The molecule has 2 amide bonds. The van der Waals surface area contributed by atoms with Crippen LogP contribution in [0.1, 0.15) is 48.9 Å². The van der Waals surface area contributed by atoms with E-state index in [2.05, 4.69) is 20.3 Å². The number of nitrogens with one attached hydrogen (secondary N) is 1. The lowest BCUT2D eigenvalue weighted by Crippen LogP contribution is -2.42. The third-order valence-corrected chi connectivity index (χ3v) is 5.76. The normalized spacial score (nSPS) is 18.8. The maximum atomic E-state index is 12.7. The van der Waals surface area contributed by atoms with Gasteiger partial charge in [-0.3, -0.25) is 14.6 Å². The van der Waals surface area contributed by atoms with Crippen molar-refractivity contribution < 1.29 is 14.3 Å². The fourth-order valence-corrected chi connectivity index (χ4v) is 4.16. The molecule has 170 valence electrons. The van der Waals surface area contributed by atoms with Crippen molar-refractivity contribution in [1.29, 1.82) is 0 Å². The van der Waals surface area contributed by atoms with Gasteiger partial charge in [-0.05, 0) is 44.9 Å². The minimum atomic E-state index is -0.251. The third-order valence-electron chi connectivity index (χ3n) is 5.76. The first-order chi connectivity index (χ1) is 15.5. The molecule has 2 aromatic heterocycles. The van der Waals surface area contributed by atoms with E-state index in [1.807, 2.05) is 41.8 Å². The summed E-state index contributed by atoms with van der Waals surface area (Å²) in [4.78, 5) is 41.4. The van der Waals surface area contributed by atoms with Crippen molar-refractivity contribution in [3.63, 3.8) is 0 Å². The second-order valence-corrected chi connectivity index (χ2v) is 8.36. The number of ether oxygens (including phenoxy) is 1. The Hall–Kier alpha value is -3.07. The standard InChI is InChI=1S/C23H30N6O3/c1-16-13-17(2)26-23(25-16)27-18-7-8-19(24-14-18)20-15-29(11-12-32-20)22(31)6-4-10-28-9-3-5-21(28)30/h7-8,13-14,20H,3-6,9-12,15H2,1-2H3,(H,25,26,27). The van der Waals surface area contributed by atoms with E-state index in [-0.39, 0.29) is 17.9 Å². The van der Waals surface area contributed by atoms with Crippen molar-refractivity contribution in [2.24, 2.45) is 0 Å². The molecule has 2 aliphatic heterocycles. The lowest BCUT2D eigenvalue weighted by molar-refractivity contribution is -0.139. The van der Waals surface area contributed by atoms with E-state index in [1.54, 1.807) is 6.20 Å². The first-order valence-corrected chi connectivity index (χ1v) is 11.2. The Morgan fingerprint density at radius 3 is 2.72 bits per heavy atom. The number of morpholine rings is 1. The van der Waals surface area contributed by atoms with Crippen LogP contribution in [0.5, 0.6) is 0 Å². The van der Waals surface area contributed by atoms with Crippen LogP contribution in [-0.4, -0.2) is 69.4 Å². The van der Waals surface area contributed by atoms with Crippen LogP contribution in [0.2, 0.25) is 0 Å². The molecule has 0 aliphatic carbocycles. The molecule has 1 atom stereocenters. The van der Waals surface area contributed by atoms with Crippen LogP contribution in [0.15, 0.2) is 24.4 Å². The number of rotatable bonds is 7. The van der Waals surface area contributed by atoms with Crippen LogP contribution in [0.3, 0.4) is 0 Å². The highest BCUT2D eigenvalue weighted by atomic mass is 16.5. The molecule has 32 heavy (non-hydrogen) atoms. The monoisotopic (exact) mass is 438 g/mol. The molecule has 1 unspecified atom stereocenters. The molecule has 2 fully saturated rings. The molecule has 4 rings (SSSR count). The summed E-state index contributed by atoms with van der Waals surface area (Å²) in [5.41, 5.74) is 3.38. The largest absolute Gasteiger partial charge is 0.368 e. The van der Waals surface area contributed by atoms with Gasteiger partial charge in [0.05, 0.1) is 30.7 Å². The second kappa shape index (κ2) is 10.0. The zero-order valence-electron chi connectivity index (χ0n) is 18.7. The number of amides is 2. The Labute approximate surface area is 188 Å². The van der Waals surface area contributed by atoms with Crippen LogP contribution in [0, 0.1) is 13.8 Å². The fraction of sp³-hybridized carbons (Fsp3) is 0.522. The minimum absolute atomic E-state index is 0.107. The summed E-state index contributed by atoms with van der Waals surface area (Å²) in [5.74, 6) is 0.852. The predicted molar refractivity (Wildman–Crippen MR) is 119 cm³/mol. The van der Waals surface area contributed by atoms with E-state index in [0.29, 0.717) is 51.5 Å². The summed E-state index contributed by atoms with van der Waals surface area (Å²) in [5, 5.41) is 3.17. The predicted octanol–water partition coefficient (Wildman–Crippen LogP) is 2.53. The average Bonchev–Trinajstić information content (AvgIpc) is 3.18. The Balaban J connectivity index is 1.29. The quantitative estimate of drug-likeness (QED) is 0.709. The van der Waals surface area contributed by atoms with Crippen LogP contribution in [0.4, 0.5) is 11.6 Å². The van der Waals surface area contributed by atoms with E-state index < -0.39 is 0 Å². The molecular weight excluding hydrogens is 408 g/mol. The molecule has 0 saturated carbocycles. The van der Waals surface area contributed by atoms with E-state index >= 15 is 0 Å². The van der Waals surface area contributed by atoms with Crippen molar-refractivity contribution in [3.05, 3.63) is 41.5 Å². The molecule has 9 nitrogen and oxygen atoms in total. The molecule has 9 heteroatoms. The SMILES string of the molecule is Cc1cc(C)nc(Nc2ccc(C3CN(C(=O)CCCN4CCCC4=O)CCO3)nc2)n1. The van der Waals surface area contributed by atoms with Gasteiger partial charge in [-0.25, -0.2) is 9.97 Å². The number of hydrogen-bond donors (Lipinski definition) is 1. The molecule has 1 N–H and O–H groups in total. The summed E-state index contributed by atoms with van der Waals surface area (Å²) in [6.07, 6.45) is 4.19. The Kier molecular flexibility index (Phi) is 6.94. The van der Waals surface area contributed by atoms with E-state index in [4.69, 9.17) is 4.74 Å². The van der Waals surface area contributed by atoms with E-state index in [9.17, 15) is 9.59 Å². The smallest absolute Gasteiger partial charge is 0.227 e. The number of hydrogen-bond acceptors (Lipinski definition) is 7. The van der Waals surface area contributed by atoms with Gasteiger partial charge in [-0.15, -0.1) is 0 Å². The van der Waals surface area contributed by atoms with Gasteiger partial charge in [0.1, 0.15) is 6.10 Å². The summed E-state index contributed by atoms with van der Waals surface area (Å²) in [6.45, 7) is 6.90. The number of pyridine rings is 1. The number of anilines is 2. The maximum absolute atomic E-state index is 12.7. The van der Waals surface area contributed by atoms with Gasteiger partial charge in [-0.2, -0.15) is 0 Å². The number of aryl methyl sites for hydroxylation is 2. The van der Waals surface area contributed by atoms with Crippen molar-refractivity contribution in [3.8, 4) is 0 Å². The van der Waals surface area contributed by atoms with Gasteiger partial charge in [0.25, 0.3) is 0 Å². The van der Waals surface area contributed by atoms with Crippen molar-refractivity contribution in [2.75, 3.05) is 38.1 Å². The highest BCUT2D eigenvalue weighted by Crippen LogP contribution is 2.23. The number of likely N-dealkylation sites (tertiary alicyclic amines) is 1. The fourth-order valence-electron chi connectivity index (χ4n) is 4.16. The first-order valence-electron chi connectivity index (χ1n) is 11.2. The summed E-state index contributed by atoms with van der Waals surface area (Å²) >= 11 is 0. The van der Waals surface area contributed by atoms with Gasteiger partial charge in [-0.1, -0.05) is 0 Å². The third kappa shape index (κ3) is 5.59. The summed E-state index contributed by atoms with van der Waals surface area (Å²) < 4.78 is 5.88. The van der Waals surface area contributed by atoms with E-state index in [0.717, 1.165) is 35.7 Å². The Bertz CT molecular complexity index is 944. The average molecular weight is 439 g/mol. The zero-order valence-corrected chi connectivity index (χ0v) is 18.7. The van der Waals surface area contributed by atoms with Crippen molar-refractivity contribution in [1.82, 2.24) is 24.8 Å². The Morgan fingerprint density at radius 1 is 1.22 bits per heavy atom. The van der Waals surface area contributed by atoms with Gasteiger partial charge < -0.3 is 19.9 Å². The first kappa shape index (κ1) is 22.1.